The van der Waals surface area contributed by atoms with E-state index in [0.717, 1.165) is 11.0 Å². The van der Waals surface area contributed by atoms with E-state index < -0.39 is 0 Å². The van der Waals surface area contributed by atoms with Crippen LogP contribution >= 0.6 is 43.2 Å². The molecule has 0 amide bonds. The molecule has 1 aromatic carbocycles. The first kappa shape index (κ1) is 13.1. The summed E-state index contributed by atoms with van der Waals surface area (Å²) in [6.45, 7) is 5.09. The van der Waals surface area contributed by atoms with Gasteiger partial charge in [-0.15, -0.1) is 11.3 Å². The van der Waals surface area contributed by atoms with Crippen molar-refractivity contribution in [3.8, 4) is 0 Å². The molecule has 0 aliphatic rings. The van der Waals surface area contributed by atoms with Crippen LogP contribution in [-0.4, -0.2) is 0 Å². The zero-order valence-corrected chi connectivity index (χ0v) is 13.7. The highest BCUT2D eigenvalue weighted by Gasteiger charge is 2.05. The summed E-state index contributed by atoms with van der Waals surface area (Å²) < 4.78 is 2.30. The Bertz CT molecular complexity index is 511. The Morgan fingerprint density at radius 1 is 1.18 bits per heavy atom. The summed E-state index contributed by atoms with van der Waals surface area (Å²) >= 11 is 8.80. The lowest BCUT2D eigenvalue weighted by molar-refractivity contribution is 1.14. The van der Waals surface area contributed by atoms with Gasteiger partial charge in [0.2, 0.25) is 0 Å². The van der Waals surface area contributed by atoms with Gasteiger partial charge in [-0.25, -0.2) is 0 Å². The van der Waals surface area contributed by atoms with E-state index >= 15 is 0 Å². The molecule has 0 radical (unpaired) electrons. The maximum atomic E-state index is 3.61. The number of thiophene rings is 1. The van der Waals surface area contributed by atoms with Crippen molar-refractivity contribution in [3.05, 3.63) is 48.5 Å². The highest BCUT2D eigenvalue weighted by molar-refractivity contribution is 9.11. The zero-order valence-electron chi connectivity index (χ0n) is 9.68. The van der Waals surface area contributed by atoms with Crippen LogP contribution in [0.2, 0.25) is 0 Å². The van der Waals surface area contributed by atoms with E-state index in [-0.39, 0.29) is 0 Å². The zero-order chi connectivity index (χ0) is 12.4. The van der Waals surface area contributed by atoms with Gasteiger partial charge < -0.3 is 5.32 Å². The summed E-state index contributed by atoms with van der Waals surface area (Å²) in [5.41, 5.74) is 5.02. The third-order valence-corrected chi connectivity index (χ3v) is 4.70. The van der Waals surface area contributed by atoms with Crippen molar-refractivity contribution >= 4 is 48.9 Å². The second-order valence-corrected chi connectivity index (χ2v) is 7.20. The minimum atomic E-state index is 0.852. The summed E-state index contributed by atoms with van der Waals surface area (Å²) in [5, 5.41) is 5.64. The lowest BCUT2D eigenvalue weighted by Crippen LogP contribution is -2.01. The molecule has 2 aromatic rings. The maximum absolute atomic E-state index is 3.61. The third-order valence-electron chi connectivity index (χ3n) is 2.52. The minimum absolute atomic E-state index is 0.852. The topological polar surface area (TPSA) is 12.0 Å². The van der Waals surface area contributed by atoms with Crippen LogP contribution in [0, 0.1) is 13.8 Å². The van der Waals surface area contributed by atoms with E-state index in [4.69, 9.17) is 0 Å². The molecule has 0 aliphatic carbocycles. The van der Waals surface area contributed by atoms with Crippen molar-refractivity contribution in [1.82, 2.24) is 0 Å². The van der Waals surface area contributed by atoms with Gasteiger partial charge in [-0.05, 0) is 79.9 Å². The quantitative estimate of drug-likeness (QED) is 0.747. The smallest absolute Gasteiger partial charge is 0.0701 e. The van der Waals surface area contributed by atoms with Crippen molar-refractivity contribution in [2.24, 2.45) is 0 Å². The average molecular weight is 375 g/mol. The average Bonchev–Trinajstić information content (AvgIpc) is 2.62. The molecule has 1 N–H and O–H groups in total. The molecule has 0 fully saturated rings. The van der Waals surface area contributed by atoms with E-state index in [1.165, 1.54) is 26.2 Å². The second-order valence-electron chi connectivity index (χ2n) is 4.05. The molecular weight excluding hydrogens is 362 g/mol. The molecule has 0 saturated carbocycles. The third kappa shape index (κ3) is 3.33. The number of halogens is 2. The fraction of sp³-hybridized carbons (Fsp3) is 0.231. The van der Waals surface area contributed by atoms with Crippen LogP contribution in [0.3, 0.4) is 0 Å². The summed E-state index contributed by atoms with van der Waals surface area (Å²) in [6.07, 6.45) is 0. The maximum Gasteiger partial charge on any atom is 0.0701 e. The first-order valence-corrected chi connectivity index (χ1v) is 7.76. The molecule has 0 saturated heterocycles. The van der Waals surface area contributed by atoms with Crippen LogP contribution in [0.25, 0.3) is 0 Å². The molecule has 1 aromatic heterocycles. The van der Waals surface area contributed by atoms with E-state index in [1.807, 2.05) is 0 Å². The summed E-state index contributed by atoms with van der Waals surface area (Å²) in [5.74, 6) is 0. The van der Waals surface area contributed by atoms with Gasteiger partial charge in [0.25, 0.3) is 0 Å². The Morgan fingerprint density at radius 3 is 2.53 bits per heavy atom. The lowest BCUT2D eigenvalue weighted by atomic mass is 10.1. The molecule has 17 heavy (non-hydrogen) atoms. The molecule has 0 bridgehead atoms. The van der Waals surface area contributed by atoms with Gasteiger partial charge in [0.05, 0.1) is 9.47 Å². The van der Waals surface area contributed by atoms with Crippen molar-refractivity contribution in [3.63, 3.8) is 0 Å². The van der Waals surface area contributed by atoms with E-state index in [0.29, 0.717) is 0 Å². The highest BCUT2D eigenvalue weighted by atomic mass is 79.9. The van der Waals surface area contributed by atoms with Crippen molar-refractivity contribution < 1.29 is 0 Å². The van der Waals surface area contributed by atoms with Crippen molar-refractivity contribution in [2.45, 2.75) is 20.4 Å². The number of hydrogen-bond donors (Lipinski definition) is 1. The summed E-state index contributed by atoms with van der Waals surface area (Å²) in [7, 11) is 0. The Labute approximate surface area is 123 Å². The van der Waals surface area contributed by atoms with Crippen LogP contribution < -0.4 is 5.32 Å². The predicted molar refractivity (Wildman–Crippen MR) is 83.0 cm³/mol. The first-order valence-electron chi connectivity index (χ1n) is 5.30. The molecule has 1 nitrogen and oxygen atoms in total. The van der Waals surface area contributed by atoms with Crippen LogP contribution in [0.15, 0.2) is 31.8 Å². The Hall–Kier alpha value is -0.320. The molecular formula is C13H13Br2NS. The largest absolute Gasteiger partial charge is 0.380 e. The van der Waals surface area contributed by atoms with Crippen LogP contribution in [0.5, 0.6) is 0 Å². The van der Waals surface area contributed by atoms with Gasteiger partial charge in [0.1, 0.15) is 0 Å². The second kappa shape index (κ2) is 5.55. The van der Waals surface area contributed by atoms with Crippen molar-refractivity contribution in [2.75, 3.05) is 5.32 Å². The van der Waals surface area contributed by atoms with Gasteiger partial charge in [-0.3, -0.25) is 0 Å². The van der Waals surface area contributed by atoms with Crippen molar-refractivity contribution in [1.29, 1.82) is 0 Å². The van der Waals surface area contributed by atoms with Crippen LogP contribution in [-0.2, 0) is 6.54 Å². The molecule has 2 rings (SSSR count). The number of rotatable bonds is 3. The Morgan fingerprint density at radius 2 is 1.94 bits per heavy atom. The fourth-order valence-corrected chi connectivity index (χ4v) is 3.79. The number of hydrogen-bond acceptors (Lipinski definition) is 2. The van der Waals surface area contributed by atoms with E-state index in [1.54, 1.807) is 11.3 Å². The van der Waals surface area contributed by atoms with E-state index in [9.17, 15) is 0 Å². The van der Waals surface area contributed by atoms with Gasteiger partial charge in [-0.2, -0.15) is 0 Å². The number of benzene rings is 1. The van der Waals surface area contributed by atoms with Gasteiger partial charge in [-0.1, -0.05) is 6.07 Å². The normalized spacial score (nSPS) is 10.6. The summed E-state index contributed by atoms with van der Waals surface area (Å²) in [4.78, 5) is 0. The van der Waals surface area contributed by atoms with Crippen LogP contribution in [0.1, 0.15) is 16.7 Å². The molecule has 4 heteroatoms. The first-order chi connectivity index (χ1) is 8.06. The number of anilines is 1. The molecule has 0 unspecified atom stereocenters. The highest BCUT2D eigenvalue weighted by Crippen LogP contribution is 2.29. The standard InChI is InChI=1S/C13H13Br2NS/c1-8-3-9(2)13(11(14)4-8)16-6-10-5-12(15)17-7-10/h3-5,7,16H,6H2,1-2H3. The molecule has 1 heterocycles. The van der Waals surface area contributed by atoms with Crippen LogP contribution in [0.4, 0.5) is 5.69 Å². The molecule has 0 aliphatic heterocycles. The lowest BCUT2D eigenvalue weighted by Gasteiger charge is -2.12. The molecule has 0 atom stereocenters. The minimum Gasteiger partial charge on any atom is -0.380 e. The van der Waals surface area contributed by atoms with E-state index in [2.05, 4.69) is 74.6 Å². The number of aryl methyl sites for hydroxylation is 2. The predicted octanol–water partition coefficient (Wildman–Crippen LogP) is 5.50. The monoisotopic (exact) mass is 373 g/mol. The Kier molecular flexibility index (Phi) is 4.28. The fourth-order valence-electron chi connectivity index (χ4n) is 1.77. The van der Waals surface area contributed by atoms with Gasteiger partial charge >= 0.3 is 0 Å². The SMILES string of the molecule is Cc1cc(C)c(NCc2csc(Br)c2)c(Br)c1. The Balaban J connectivity index is 2.14. The molecule has 90 valence electrons. The van der Waals surface area contributed by atoms with Gasteiger partial charge in [0.15, 0.2) is 0 Å². The summed E-state index contributed by atoms with van der Waals surface area (Å²) in [6, 6.07) is 6.48. The van der Waals surface area contributed by atoms with Gasteiger partial charge in [0, 0.05) is 11.0 Å². The number of nitrogens with one attached hydrogen (secondary N) is 1. The molecule has 0 spiro atoms.